The minimum Gasteiger partial charge on any atom is -0.378 e. The van der Waals surface area contributed by atoms with Crippen molar-refractivity contribution in [1.82, 2.24) is 15.1 Å². The molecule has 2 rings (SSSR count). The Labute approximate surface area is 135 Å². The van der Waals surface area contributed by atoms with Crippen LogP contribution in [0.2, 0.25) is 0 Å². The van der Waals surface area contributed by atoms with Crippen molar-refractivity contribution in [3.63, 3.8) is 0 Å². The summed E-state index contributed by atoms with van der Waals surface area (Å²) in [6.45, 7) is 2.02. The van der Waals surface area contributed by atoms with Crippen molar-refractivity contribution < 1.29 is 0 Å². The average molecular weight is 351 g/mol. The maximum atomic E-state index is 4.46. The minimum atomic E-state index is 0.271. The van der Waals surface area contributed by atoms with Gasteiger partial charge in [0.1, 0.15) is 0 Å². The molecule has 4 nitrogen and oxygen atoms in total. The summed E-state index contributed by atoms with van der Waals surface area (Å²) in [5.41, 5.74) is 4.74. The molecular weight excluding hydrogens is 328 g/mol. The maximum Gasteiger partial charge on any atom is 0.0738 e. The van der Waals surface area contributed by atoms with E-state index in [4.69, 9.17) is 0 Å². The molecule has 1 unspecified atom stereocenters. The summed E-state index contributed by atoms with van der Waals surface area (Å²) in [4.78, 5) is 2.11. The Morgan fingerprint density at radius 1 is 1.29 bits per heavy atom. The lowest BCUT2D eigenvalue weighted by Crippen LogP contribution is -2.20. The number of hydrogen-bond donors (Lipinski definition) is 1. The molecule has 1 aromatic carbocycles. The van der Waals surface area contributed by atoms with Gasteiger partial charge < -0.3 is 10.2 Å². The van der Waals surface area contributed by atoms with Gasteiger partial charge in [0.2, 0.25) is 0 Å². The summed E-state index contributed by atoms with van der Waals surface area (Å²) < 4.78 is 3.06. The third kappa shape index (κ3) is 3.47. The first kappa shape index (κ1) is 16.0. The molecule has 0 saturated heterocycles. The Bertz CT molecular complexity index is 601. The second-order valence-corrected chi connectivity index (χ2v) is 6.29. The first-order valence-electron chi connectivity index (χ1n) is 7.06. The van der Waals surface area contributed by atoms with Crippen LogP contribution >= 0.6 is 15.9 Å². The predicted molar refractivity (Wildman–Crippen MR) is 91.9 cm³/mol. The number of benzene rings is 1. The lowest BCUT2D eigenvalue weighted by atomic mass is 10.0. The monoisotopic (exact) mass is 350 g/mol. The standard InChI is InChI=1S/C16H23BrN4/c1-11-16(17)15(21(5)19-11)10-14(18-2)12-6-8-13(9-7-12)20(3)4/h6-9,14,18H,10H2,1-5H3. The fourth-order valence-electron chi connectivity index (χ4n) is 2.49. The normalized spacial score (nSPS) is 12.5. The van der Waals surface area contributed by atoms with E-state index in [1.54, 1.807) is 0 Å². The Morgan fingerprint density at radius 3 is 2.33 bits per heavy atom. The van der Waals surface area contributed by atoms with Crippen molar-refractivity contribution in [1.29, 1.82) is 0 Å². The molecule has 0 aliphatic carbocycles. The van der Waals surface area contributed by atoms with E-state index in [2.05, 4.69) is 69.6 Å². The first-order chi connectivity index (χ1) is 9.93. The average Bonchev–Trinajstić information content (AvgIpc) is 2.70. The molecule has 0 aliphatic rings. The third-order valence-electron chi connectivity index (χ3n) is 3.82. The zero-order valence-electron chi connectivity index (χ0n) is 13.3. The van der Waals surface area contributed by atoms with Gasteiger partial charge in [-0.2, -0.15) is 5.10 Å². The zero-order valence-corrected chi connectivity index (χ0v) is 14.9. The number of aryl methyl sites for hydroxylation is 2. The number of halogens is 1. The predicted octanol–water partition coefficient (Wildman–Crippen LogP) is 3.06. The van der Waals surface area contributed by atoms with Crippen LogP contribution in [-0.4, -0.2) is 30.9 Å². The van der Waals surface area contributed by atoms with Crippen LogP contribution in [0.15, 0.2) is 28.7 Å². The van der Waals surface area contributed by atoms with Gasteiger partial charge in [-0.05, 0) is 47.6 Å². The van der Waals surface area contributed by atoms with Gasteiger partial charge in [-0.15, -0.1) is 0 Å². The smallest absolute Gasteiger partial charge is 0.0738 e. The molecular formula is C16H23BrN4. The highest BCUT2D eigenvalue weighted by Gasteiger charge is 2.17. The summed E-state index contributed by atoms with van der Waals surface area (Å²) in [7, 11) is 8.11. The highest BCUT2D eigenvalue weighted by atomic mass is 79.9. The summed E-state index contributed by atoms with van der Waals surface area (Å²) in [6.07, 6.45) is 0.899. The molecule has 1 heterocycles. The van der Waals surface area contributed by atoms with Crippen LogP contribution in [0.3, 0.4) is 0 Å². The van der Waals surface area contributed by atoms with Gasteiger partial charge >= 0.3 is 0 Å². The molecule has 0 saturated carbocycles. The van der Waals surface area contributed by atoms with Crippen LogP contribution in [0.25, 0.3) is 0 Å². The van der Waals surface area contributed by atoms with Crippen LogP contribution in [0, 0.1) is 6.92 Å². The van der Waals surface area contributed by atoms with Gasteiger partial charge in [-0.3, -0.25) is 4.68 Å². The Kier molecular flexibility index (Phi) is 5.06. The number of aromatic nitrogens is 2. The number of likely N-dealkylation sites (N-methyl/N-ethyl adjacent to an activating group) is 1. The highest BCUT2D eigenvalue weighted by Crippen LogP contribution is 2.26. The minimum absolute atomic E-state index is 0.271. The number of anilines is 1. The zero-order chi connectivity index (χ0) is 15.6. The van der Waals surface area contributed by atoms with Gasteiger partial charge in [0.25, 0.3) is 0 Å². The quantitative estimate of drug-likeness (QED) is 0.899. The molecule has 1 aromatic heterocycles. The molecule has 0 spiro atoms. The molecule has 21 heavy (non-hydrogen) atoms. The molecule has 1 N–H and O–H groups in total. The van der Waals surface area contributed by atoms with Gasteiger partial charge in [-0.25, -0.2) is 0 Å². The number of rotatable bonds is 5. The van der Waals surface area contributed by atoms with E-state index < -0.39 is 0 Å². The van der Waals surface area contributed by atoms with E-state index in [0.29, 0.717) is 0 Å². The van der Waals surface area contributed by atoms with Gasteiger partial charge in [-0.1, -0.05) is 12.1 Å². The second kappa shape index (κ2) is 6.62. The largest absolute Gasteiger partial charge is 0.378 e. The molecule has 114 valence electrons. The third-order valence-corrected chi connectivity index (χ3v) is 4.85. The lowest BCUT2D eigenvalue weighted by Gasteiger charge is -2.19. The van der Waals surface area contributed by atoms with E-state index in [-0.39, 0.29) is 6.04 Å². The van der Waals surface area contributed by atoms with Crippen LogP contribution < -0.4 is 10.2 Å². The van der Waals surface area contributed by atoms with Gasteiger partial charge in [0.15, 0.2) is 0 Å². The van der Waals surface area contributed by atoms with Crippen LogP contribution in [0.1, 0.15) is 23.0 Å². The molecule has 5 heteroatoms. The summed E-state index contributed by atoms with van der Waals surface area (Å²) >= 11 is 3.64. The Balaban J connectivity index is 2.23. The molecule has 0 radical (unpaired) electrons. The van der Waals surface area contributed by atoms with Crippen molar-refractivity contribution in [2.24, 2.45) is 7.05 Å². The van der Waals surface area contributed by atoms with E-state index in [9.17, 15) is 0 Å². The second-order valence-electron chi connectivity index (χ2n) is 5.50. The first-order valence-corrected chi connectivity index (χ1v) is 7.85. The van der Waals surface area contributed by atoms with E-state index in [0.717, 1.165) is 16.6 Å². The lowest BCUT2D eigenvalue weighted by molar-refractivity contribution is 0.560. The van der Waals surface area contributed by atoms with Crippen molar-refractivity contribution in [2.75, 3.05) is 26.0 Å². The molecule has 1 atom stereocenters. The SMILES string of the molecule is CNC(Cc1c(Br)c(C)nn1C)c1ccc(N(C)C)cc1. The fourth-order valence-corrected chi connectivity index (χ4v) is 2.98. The van der Waals surface area contributed by atoms with E-state index in [1.807, 2.05) is 25.7 Å². The number of hydrogen-bond acceptors (Lipinski definition) is 3. The Hall–Kier alpha value is -1.33. The Morgan fingerprint density at radius 2 is 1.90 bits per heavy atom. The molecule has 0 amide bonds. The highest BCUT2D eigenvalue weighted by molar-refractivity contribution is 9.10. The molecule has 0 bridgehead atoms. The maximum absolute atomic E-state index is 4.46. The molecule has 2 aromatic rings. The van der Waals surface area contributed by atoms with Crippen molar-refractivity contribution >= 4 is 21.6 Å². The molecule has 0 aliphatic heterocycles. The fraction of sp³-hybridized carbons (Fsp3) is 0.438. The van der Waals surface area contributed by atoms with Crippen molar-refractivity contribution in [3.8, 4) is 0 Å². The summed E-state index contributed by atoms with van der Waals surface area (Å²) in [5, 5.41) is 7.87. The summed E-state index contributed by atoms with van der Waals surface area (Å²) in [5.74, 6) is 0. The van der Waals surface area contributed by atoms with Crippen molar-refractivity contribution in [3.05, 3.63) is 45.7 Å². The van der Waals surface area contributed by atoms with Crippen LogP contribution in [-0.2, 0) is 13.5 Å². The van der Waals surface area contributed by atoms with Crippen LogP contribution in [0.4, 0.5) is 5.69 Å². The number of nitrogens with one attached hydrogen (secondary N) is 1. The topological polar surface area (TPSA) is 33.1 Å². The van der Waals surface area contributed by atoms with E-state index in [1.165, 1.54) is 16.9 Å². The summed E-state index contributed by atoms with van der Waals surface area (Å²) in [6, 6.07) is 8.96. The number of nitrogens with zero attached hydrogens (tertiary/aromatic N) is 3. The van der Waals surface area contributed by atoms with E-state index >= 15 is 0 Å². The van der Waals surface area contributed by atoms with Gasteiger partial charge in [0.05, 0.1) is 15.9 Å². The van der Waals surface area contributed by atoms with Crippen LogP contribution in [0.5, 0.6) is 0 Å². The van der Waals surface area contributed by atoms with Crippen molar-refractivity contribution in [2.45, 2.75) is 19.4 Å². The molecule has 0 fully saturated rings. The van der Waals surface area contributed by atoms with Gasteiger partial charge in [0, 0.05) is 39.3 Å².